The van der Waals surface area contributed by atoms with Gasteiger partial charge in [0, 0.05) is 74.9 Å². The summed E-state index contributed by atoms with van der Waals surface area (Å²) in [5, 5.41) is 50.4. The van der Waals surface area contributed by atoms with E-state index >= 15 is 0 Å². The van der Waals surface area contributed by atoms with E-state index in [-0.39, 0.29) is 55.5 Å². The molecule has 13 aromatic rings. The van der Waals surface area contributed by atoms with Crippen molar-refractivity contribution in [1.82, 2.24) is 76.2 Å². The molecule has 5 aromatic heterocycles. The van der Waals surface area contributed by atoms with Crippen LogP contribution in [-0.2, 0) is 30.5 Å². The Kier molecular flexibility index (Phi) is 28.6. The van der Waals surface area contributed by atoms with Crippen LogP contribution < -0.4 is 55.0 Å². The van der Waals surface area contributed by atoms with Gasteiger partial charge in [0.2, 0.25) is 0 Å². The van der Waals surface area contributed by atoms with Gasteiger partial charge in [-0.15, -0.1) is 0 Å². The largest absolute Gasteiger partial charge is 0.388 e. The lowest BCUT2D eigenvalue weighted by molar-refractivity contribution is 0.0702. The number of ketones is 1. The van der Waals surface area contributed by atoms with Gasteiger partial charge in [-0.2, -0.15) is 0 Å². The molecule has 8 aromatic carbocycles. The number of likely N-dealkylation sites (N-methyl/N-ethyl adjacent to an activating group) is 1. The van der Waals surface area contributed by atoms with Gasteiger partial charge < -0.3 is 34.8 Å². The maximum Gasteiger partial charge on any atom is 0.274 e. The molecular formula is C85H88ClN15O15. The second-order valence-corrected chi connectivity index (χ2v) is 28.8. The molecule has 0 bridgehead atoms. The SMILES string of the molecule is CC(C)(c1ccccc1)n1cnc2ccc(C(=O)NO)cc2c1=O.CC(C)Cc1nc2cc(C(=O)NO)ccc2c(=O)[nH]1.CCN(CC)CC1(c2nc3cc(C(=O)NO)ccc3c(=O)[nH]2)CCCC1.CNCc1cn(Cc2ccccc2)c(=O)c2cc(C(=O)NO)ccc12.O=C(CO)c1ccc2c(=O)[nH]c(-c3ccc(Cl)cc3)nc2c1. The molecule has 4 amide bonds. The molecule has 31 heteroatoms. The van der Waals surface area contributed by atoms with Crippen LogP contribution in [0.1, 0.15) is 147 Å². The molecule has 0 radical (unpaired) electrons. The normalized spacial score (nSPS) is 12.2. The summed E-state index contributed by atoms with van der Waals surface area (Å²) in [6.07, 6.45) is 8.25. The minimum Gasteiger partial charge on any atom is -0.388 e. The zero-order chi connectivity index (χ0) is 83.5. The van der Waals surface area contributed by atoms with Crippen molar-refractivity contribution in [2.75, 3.05) is 33.3 Å². The van der Waals surface area contributed by atoms with E-state index in [1.807, 2.05) is 102 Å². The molecule has 1 fully saturated rings. The molecule has 1 aliphatic carbocycles. The fraction of sp³-hybridized carbons (Fsp3) is 0.247. The summed E-state index contributed by atoms with van der Waals surface area (Å²) in [6.45, 7) is 15.4. The van der Waals surface area contributed by atoms with E-state index in [9.17, 15) is 47.9 Å². The Morgan fingerprint density at radius 2 is 1.05 bits per heavy atom. The minimum atomic E-state index is -0.672. The number of carbonyl (C=O) groups is 5. The first-order valence-electron chi connectivity index (χ1n) is 37.1. The molecular weight excluding hydrogens is 1510 g/mol. The number of halogens is 1. The third-order valence-corrected chi connectivity index (χ3v) is 20.1. The quantitative estimate of drug-likeness (QED) is 0.0192. The smallest absolute Gasteiger partial charge is 0.274 e. The molecule has 0 aliphatic heterocycles. The number of rotatable bonds is 20. The topological polar surface area (TPSA) is 444 Å². The Morgan fingerprint density at radius 1 is 0.560 bits per heavy atom. The van der Waals surface area contributed by atoms with Gasteiger partial charge in [0.05, 0.1) is 62.0 Å². The Labute approximate surface area is 667 Å². The van der Waals surface area contributed by atoms with Crippen molar-refractivity contribution in [1.29, 1.82) is 0 Å². The first kappa shape index (κ1) is 85.5. The highest BCUT2D eigenvalue weighted by molar-refractivity contribution is 6.30. The number of aromatic nitrogens is 9. The van der Waals surface area contributed by atoms with Gasteiger partial charge in [0.15, 0.2) is 5.78 Å². The molecule has 0 atom stereocenters. The highest BCUT2D eigenvalue weighted by Gasteiger charge is 2.39. The van der Waals surface area contributed by atoms with Crippen LogP contribution in [0.4, 0.5) is 0 Å². The zero-order valence-corrected chi connectivity index (χ0v) is 65.3. The van der Waals surface area contributed by atoms with E-state index in [1.54, 1.807) is 85.7 Å². The van der Waals surface area contributed by atoms with Gasteiger partial charge in [-0.05, 0) is 178 Å². The monoisotopic (exact) mass is 1590 g/mol. The Morgan fingerprint density at radius 3 is 1.59 bits per heavy atom. The van der Waals surface area contributed by atoms with Crippen LogP contribution >= 0.6 is 11.6 Å². The minimum absolute atomic E-state index is 0.158. The number of pyridine rings is 1. The van der Waals surface area contributed by atoms with Crippen LogP contribution in [0.5, 0.6) is 0 Å². The van der Waals surface area contributed by atoms with Crippen LogP contribution in [0.25, 0.3) is 65.8 Å². The number of benzene rings is 8. The Balaban J connectivity index is 0.000000154. The number of nitrogens with one attached hydrogen (secondary N) is 8. The standard InChI is InChI=1S/C19H26N4O3.C19H19N3O3.C18H17N3O3.C16H11ClN2O3.C13H15N3O3/c1-3-23(4-2)12-19(9-5-6-10-19)18-20-15-11-13(16(24)22-26)7-8-14(15)17(25)21-18;1-20-10-15-12-22(11-13-5-3-2-4-6-13)19(24)17-9-14(18(23)21-25)7-8-16(15)17;1-18(2,13-6-4-3-5-7-13)21-11-19-15-9-8-12(16(22)20-24)10-14(15)17(21)23;17-11-4-1-9(2-5-11)15-18-13-7-10(14(21)8-20)3-6-12(13)16(22)19-15;1-7(2)5-11-14-10-6-8(12(17)16-19)3-4-9(10)13(18)15-11/h7-8,11,26H,3-6,9-10,12H2,1-2H3,(H,22,24)(H,20,21,25);2-9,12,20,25H,10-11H2,1H3,(H,21,23);3-11,24H,1-2H3,(H,20,22);1-7,20H,8H2,(H,18,19,22);3-4,6-7,19H,5H2,1-2H3,(H,16,17)(H,14,15,18). The second-order valence-electron chi connectivity index (χ2n) is 28.4. The van der Waals surface area contributed by atoms with Crippen molar-refractivity contribution in [2.45, 2.75) is 97.7 Å². The zero-order valence-electron chi connectivity index (χ0n) is 64.6. The first-order valence-corrected chi connectivity index (χ1v) is 37.5. The van der Waals surface area contributed by atoms with Crippen molar-refractivity contribution >= 4 is 95.4 Å². The van der Waals surface area contributed by atoms with E-state index in [0.717, 1.165) is 67.4 Å². The molecule has 30 nitrogen and oxygen atoms in total. The van der Waals surface area contributed by atoms with E-state index in [2.05, 4.69) is 54.0 Å². The molecule has 0 saturated heterocycles. The lowest BCUT2D eigenvalue weighted by Crippen LogP contribution is -2.41. The molecule has 5 heterocycles. The summed E-state index contributed by atoms with van der Waals surface area (Å²) in [4.78, 5) is 149. The molecule has 0 spiro atoms. The summed E-state index contributed by atoms with van der Waals surface area (Å²) in [6, 6.07) is 49.3. The van der Waals surface area contributed by atoms with Gasteiger partial charge in [0.1, 0.15) is 24.1 Å². The van der Waals surface area contributed by atoms with Gasteiger partial charge in [-0.25, -0.2) is 41.9 Å². The van der Waals surface area contributed by atoms with Crippen LogP contribution in [0.3, 0.4) is 0 Å². The predicted molar refractivity (Wildman–Crippen MR) is 440 cm³/mol. The molecule has 116 heavy (non-hydrogen) atoms. The lowest BCUT2D eigenvalue weighted by Gasteiger charge is -2.33. The van der Waals surface area contributed by atoms with Crippen molar-refractivity contribution in [2.24, 2.45) is 5.92 Å². The van der Waals surface area contributed by atoms with Gasteiger partial charge in [-0.3, -0.25) is 73.3 Å². The van der Waals surface area contributed by atoms with Gasteiger partial charge in [-0.1, -0.05) is 125 Å². The maximum atomic E-state index is 12.9. The summed E-state index contributed by atoms with van der Waals surface area (Å²) < 4.78 is 3.19. The third kappa shape index (κ3) is 20.2. The number of H-pyrrole nitrogens is 3. The maximum absolute atomic E-state index is 12.9. The van der Waals surface area contributed by atoms with E-state index < -0.39 is 41.6 Å². The highest BCUT2D eigenvalue weighted by Crippen LogP contribution is 2.40. The van der Waals surface area contributed by atoms with Crippen molar-refractivity contribution in [3.05, 3.63) is 301 Å². The molecule has 13 N–H and O–H groups in total. The summed E-state index contributed by atoms with van der Waals surface area (Å²) in [5.74, 6) is -0.924. The fourth-order valence-electron chi connectivity index (χ4n) is 13.6. The number of nitrogens with zero attached hydrogens (tertiary/aromatic N) is 7. The first-order chi connectivity index (χ1) is 55.7. The average molecular weight is 1600 g/mol. The second kappa shape index (κ2) is 38.7. The average Bonchev–Trinajstić information content (AvgIpc) is 1.17. The van der Waals surface area contributed by atoms with Crippen LogP contribution in [0, 0.1) is 5.92 Å². The number of hydrogen-bond donors (Lipinski definition) is 13. The number of aliphatic hydroxyl groups is 1. The van der Waals surface area contributed by atoms with E-state index in [0.29, 0.717) is 108 Å². The highest BCUT2D eigenvalue weighted by atomic mass is 35.5. The molecule has 600 valence electrons. The molecule has 14 rings (SSSR count). The summed E-state index contributed by atoms with van der Waals surface area (Å²) >= 11 is 5.84. The molecule has 1 saturated carbocycles. The third-order valence-electron chi connectivity index (χ3n) is 19.9. The van der Waals surface area contributed by atoms with Gasteiger partial charge >= 0.3 is 0 Å². The van der Waals surface area contributed by atoms with Crippen LogP contribution in [0.15, 0.2) is 212 Å². The number of hydrogen-bond acceptors (Lipinski definition) is 21. The molecule has 0 unspecified atom stereocenters. The van der Waals surface area contributed by atoms with E-state index in [4.69, 9.17) is 42.5 Å². The number of carbonyl (C=O) groups excluding carboxylic acids is 5. The van der Waals surface area contributed by atoms with Crippen LogP contribution in [-0.4, -0.2) is 138 Å². The summed E-state index contributed by atoms with van der Waals surface area (Å²) in [5.41, 5.74) is 11.2. The fourth-order valence-corrected chi connectivity index (χ4v) is 13.8. The molecule has 1 aliphatic rings. The van der Waals surface area contributed by atoms with Crippen molar-refractivity contribution in [3.8, 4) is 11.4 Å². The van der Waals surface area contributed by atoms with Crippen molar-refractivity contribution < 1.29 is 49.9 Å². The number of amides is 4. The number of fused-ring (bicyclic) bond motifs is 5. The van der Waals surface area contributed by atoms with Gasteiger partial charge in [0.25, 0.3) is 51.4 Å². The number of aliphatic hydroxyl groups excluding tert-OH is 1. The van der Waals surface area contributed by atoms with Crippen molar-refractivity contribution in [3.63, 3.8) is 0 Å². The van der Waals surface area contributed by atoms with Crippen LogP contribution in [0.2, 0.25) is 5.02 Å². The predicted octanol–water partition coefficient (Wildman–Crippen LogP) is 10.0. The number of aromatic amines is 3. The Hall–Kier alpha value is -12.9. The Bertz CT molecular complexity index is 6080. The number of Topliss-reactive ketones (excluding diaryl/α,β-unsaturated/α-hetero) is 1. The van der Waals surface area contributed by atoms with E-state index in [1.165, 1.54) is 67.0 Å². The number of hydroxylamine groups is 4. The summed E-state index contributed by atoms with van der Waals surface area (Å²) in [7, 11) is 1.84. The lowest BCUT2D eigenvalue weighted by atomic mass is 9.84.